The Bertz CT molecular complexity index is 675. The van der Waals surface area contributed by atoms with E-state index in [1.54, 1.807) is 13.0 Å². The predicted octanol–water partition coefficient (Wildman–Crippen LogP) is 2.50. The monoisotopic (exact) mass is 289 g/mol. The summed E-state index contributed by atoms with van der Waals surface area (Å²) in [4.78, 5) is 18.4. The molecule has 0 aliphatic rings. The van der Waals surface area contributed by atoms with Crippen LogP contribution in [0.3, 0.4) is 0 Å². The van der Waals surface area contributed by atoms with Gasteiger partial charge in [-0.05, 0) is 25.5 Å². The van der Waals surface area contributed by atoms with Gasteiger partial charge in [0.05, 0.1) is 4.92 Å². The molecule has 0 radical (unpaired) electrons. The molecule has 0 unspecified atom stereocenters. The third-order valence-corrected chi connectivity index (χ3v) is 2.60. The van der Waals surface area contributed by atoms with Crippen LogP contribution in [-0.4, -0.2) is 21.4 Å². The van der Waals surface area contributed by atoms with E-state index in [-0.39, 0.29) is 23.3 Å². The van der Waals surface area contributed by atoms with E-state index in [2.05, 4.69) is 15.3 Å². The largest absolute Gasteiger partial charge is 0.432 e. The summed E-state index contributed by atoms with van der Waals surface area (Å²) in [5.41, 5.74) is 6.23. The molecule has 0 amide bonds. The van der Waals surface area contributed by atoms with Crippen molar-refractivity contribution in [3.63, 3.8) is 0 Å². The molecule has 8 heteroatoms. The Morgan fingerprint density at radius 1 is 1.38 bits per heavy atom. The summed E-state index contributed by atoms with van der Waals surface area (Å²) in [5, 5.41) is 14.0. The summed E-state index contributed by atoms with van der Waals surface area (Å²) in [7, 11) is 0. The first kappa shape index (κ1) is 14.5. The van der Waals surface area contributed by atoms with Crippen molar-refractivity contribution in [3.05, 3.63) is 39.9 Å². The standard InChI is InChI=1S/C13H15N5O3/c1-3-15-11-7-12(17-13(14)16-11)21-10-5-4-8(2)6-9(10)18(19)20/h4-7H,3H2,1-2H3,(H3,14,15,16,17). The number of benzene rings is 1. The first-order valence-corrected chi connectivity index (χ1v) is 6.31. The van der Waals surface area contributed by atoms with Crippen molar-refractivity contribution < 1.29 is 9.66 Å². The van der Waals surface area contributed by atoms with E-state index in [9.17, 15) is 10.1 Å². The van der Waals surface area contributed by atoms with Gasteiger partial charge in [0, 0.05) is 18.7 Å². The van der Waals surface area contributed by atoms with Crippen molar-refractivity contribution in [1.29, 1.82) is 0 Å². The van der Waals surface area contributed by atoms with Gasteiger partial charge in [0.25, 0.3) is 0 Å². The molecule has 0 saturated carbocycles. The minimum atomic E-state index is -0.502. The third-order valence-electron chi connectivity index (χ3n) is 2.60. The lowest BCUT2D eigenvalue weighted by atomic mass is 10.2. The van der Waals surface area contributed by atoms with Crippen molar-refractivity contribution in [2.75, 3.05) is 17.6 Å². The SMILES string of the molecule is CCNc1cc(Oc2ccc(C)cc2[N+](=O)[O-])nc(N)n1. The number of hydrogen-bond acceptors (Lipinski definition) is 7. The van der Waals surface area contributed by atoms with E-state index >= 15 is 0 Å². The minimum Gasteiger partial charge on any atom is -0.432 e. The maximum atomic E-state index is 11.1. The Hall–Kier alpha value is -2.90. The van der Waals surface area contributed by atoms with Gasteiger partial charge < -0.3 is 15.8 Å². The van der Waals surface area contributed by atoms with Crippen LogP contribution in [0.2, 0.25) is 0 Å². The molecule has 8 nitrogen and oxygen atoms in total. The number of rotatable bonds is 5. The first-order chi connectivity index (χ1) is 9.99. The van der Waals surface area contributed by atoms with Crippen LogP contribution in [0.4, 0.5) is 17.5 Å². The molecule has 0 fully saturated rings. The number of nitrogens with two attached hydrogens (primary N) is 1. The third kappa shape index (κ3) is 3.56. The van der Waals surface area contributed by atoms with E-state index in [0.717, 1.165) is 5.56 Å². The van der Waals surface area contributed by atoms with Crippen LogP contribution in [-0.2, 0) is 0 Å². The number of anilines is 2. The maximum absolute atomic E-state index is 11.1. The van der Waals surface area contributed by atoms with Crippen LogP contribution in [0.1, 0.15) is 12.5 Å². The molecule has 0 bridgehead atoms. The summed E-state index contributed by atoms with van der Waals surface area (Å²) in [5.74, 6) is 0.768. The highest BCUT2D eigenvalue weighted by Gasteiger charge is 2.17. The van der Waals surface area contributed by atoms with Crippen molar-refractivity contribution in [3.8, 4) is 11.6 Å². The number of nitrogens with zero attached hydrogens (tertiary/aromatic N) is 3. The number of aryl methyl sites for hydroxylation is 1. The highest BCUT2D eigenvalue weighted by atomic mass is 16.6. The van der Waals surface area contributed by atoms with Gasteiger partial charge in [0.1, 0.15) is 5.82 Å². The van der Waals surface area contributed by atoms with E-state index < -0.39 is 4.92 Å². The van der Waals surface area contributed by atoms with E-state index in [0.29, 0.717) is 12.4 Å². The average Bonchev–Trinajstić information content (AvgIpc) is 2.40. The zero-order valence-corrected chi connectivity index (χ0v) is 11.7. The van der Waals surface area contributed by atoms with Crippen LogP contribution >= 0.6 is 0 Å². The number of nitrogens with one attached hydrogen (secondary N) is 1. The molecule has 1 heterocycles. The number of ether oxygens (including phenoxy) is 1. The second-order valence-corrected chi connectivity index (χ2v) is 4.31. The molecular formula is C13H15N5O3. The van der Waals surface area contributed by atoms with Crippen LogP contribution in [0, 0.1) is 17.0 Å². The van der Waals surface area contributed by atoms with Crippen LogP contribution < -0.4 is 15.8 Å². The van der Waals surface area contributed by atoms with Crippen molar-refractivity contribution in [2.45, 2.75) is 13.8 Å². The lowest BCUT2D eigenvalue weighted by Crippen LogP contribution is -2.04. The molecule has 21 heavy (non-hydrogen) atoms. The Morgan fingerprint density at radius 2 is 2.14 bits per heavy atom. The van der Waals surface area contributed by atoms with Gasteiger partial charge in [0.2, 0.25) is 17.6 Å². The van der Waals surface area contributed by atoms with Crippen LogP contribution in [0.5, 0.6) is 11.6 Å². The molecule has 1 aromatic heterocycles. The molecule has 0 aliphatic carbocycles. The lowest BCUT2D eigenvalue weighted by molar-refractivity contribution is -0.385. The van der Waals surface area contributed by atoms with Gasteiger partial charge in [-0.25, -0.2) is 0 Å². The molecule has 3 N–H and O–H groups in total. The Labute approximate surface area is 121 Å². The average molecular weight is 289 g/mol. The van der Waals surface area contributed by atoms with Gasteiger partial charge in [0.15, 0.2) is 0 Å². The first-order valence-electron chi connectivity index (χ1n) is 6.31. The number of nitrogen functional groups attached to an aromatic ring is 1. The quantitative estimate of drug-likeness (QED) is 0.641. The molecule has 0 spiro atoms. The van der Waals surface area contributed by atoms with Gasteiger partial charge in [-0.3, -0.25) is 10.1 Å². The molecule has 0 atom stereocenters. The topological polar surface area (TPSA) is 116 Å². The van der Waals surface area contributed by atoms with Gasteiger partial charge in [-0.2, -0.15) is 9.97 Å². The summed E-state index contributed by atoms with van der Waals surface area (Å²) < 4.78 is 5.48. The van der Waals surface area contributed by atoms with Gasteiger partial charge >= 0.3 is 5.69 Å². The van der Waals surface area contributed by atoms with E-state index in [1.165, 1.54) is 18.2 Å². The Kier molecular flexibility index (Phi) is 4.17. The predicted molar refractivity (Wildman–Crippen MR) is 78.5 cm³/mol. The number of hydrogen-bond donors (Lipinski definition) is 2. The molecule has 2 rings (SSSR count). The summed E-state index contributed by atoms with van der Waals surface area (Å²) in [6.45, 7) is 4.33. The smallest absolute Gasteiger partial charge is 0.311 e. The van der Waals surface area contributed by atoms with Gasteiger partial charge in [-0.1, -0.05) is 6.07 Å². The van der Waals surface area contributed by atoms with Crippen molar-refractivity contribution in [1.82, 2.24) is 9.97 Å². The normalized spacial score (nSPS) is 10.2. The highest BCUT2D eigenvalue weighted by molar-refractivity contribution is 5.51. The number of nitro groups is 1. The van der Waals surface area contributed by atoms with Crippen molar-refractivity contribution >= 4 is 17.5 Å². The second kappa shape index (κ2) is 6.04. The summed E-state index contributed by atoms with van der Waals surface area (Å²) >= 11 is 0. The van der Waals surface area contributed by atoms with Crippen LogP contribution in [0.15, 0.2) is 24.3 Å². The number of nitro benzene ring substituents is 1. The summed E-state index contributed by atoms with van der Waals surface area (Å²) in [6.07, 6.45) is 0. The zero-order valence-electron chi connectivity index (χ0n) is 11.7. The van der Waals surface area contributed by atoms with Crippen molar-refractivity contribution in [2.24, 2.45) is 0 Å². The van der Waals surface area contributed by atoms with Crippen LogP contribution in [0.25, 0.3) is 0 Å². The molecule has 1 aromatic carbocycles. The number of aromatic nitrogens is 2. The molecule has 110 valence electrons. The molecular weight excluding hydrogens is 274 g/mol. The Balaban J connectivity index is 2.36. The molecule has 0 saturated heterocycles. The molecule has 0 aliphatic heterocycles. The lowest BCUT2D eigenvalue weighted by Gasteiger charge is -2.08. The van der Waals surface area contributed by atoms with Gasteiger partial charge in [-0.15, -0.1) is 0 Å². The fourth-order valence-corrected chi connectivity index (χ4v) is 1.74. The minimum absolute atomic E-state index is 0.0261. The second-order valence-electron chi connectivity index (χ2n) is 4.31. The zero-order chi connectivity index (χ0) is 15.4. The Morgan fingerprint density at radius 3 is 2.81 bits per heavy atom. The summed E-state index contributed by atoms with van der Waals surface area (Å²) in [6, 6.07) is 6.21. The van der Waals surface area contributed by atoms with E-state index in [1.807, 2.05) is 6.92 Å². The maximum Gasteiger partial charge on any atom is 0.311 e. The van der Waals surface area contributed by atoms with E-state index in [4.69, 9.17) is 10.5 Å². The molecule has 2 aromatic rings. The fourth-order valence-electron chi connectivity index (χ4n) is 1.74. The highest BCUT2D eigenvalue weighted by Crippen LogP contribution is 2.32. The fraction of sp³-hybridized carbons (Fsp3) is 0.231.